The minimum Gasteiger partial charge on any atom is -0.462 e. The Kier molecular flexibility index (Phi) is 63.3. The first-order valence-electron chi connectivity index (χ1n) is 32.8. The smallest absolute Gasteiger partial charge is 0.306 e. The van der Waals surface area contributed by atoms with E-state index in [2.05, 4.69) is 111 Å². The van der Waals surface area contributed by atoms with E-state index in [1.165, 1.54) is 212 Å². The molecule has 0 rings (SSSR count). The van der Waals surface area contributed by atoms with Gasteiger partial charge in [-0.15, -0.1) is 0 Å². The van der Waals surface area contributed by atoms with Crippen molar-refractivity contribution >= 4 is 11.9 Å². The Balaban J connectivity index is 3.46. The van der Waals surface area contributed by atoms with Crippen molar-refractivity contribution in [1.82, 2.24) is 0 Å². The van der Waals surface area contributed by atoms with Crippen LogP contribution in [0.2, 0.25) is 0 Å². The van der Waals surface area contributed by atoms with Crippen LogP contribution >= 0.6 is 0 Å². The van der Waals surface area contributed by atoms with Crippen molar-refractivity contribution in [2.24, 2.45) is 0 Å². The molecule has 0 bridgehead atoms. The summed E-state index contributed by atoms with van der Waals surface area (Å²) in [4.78, 5) is 24.6. The van der Waals surface area contributed by atoms with Gasteiger partial charge in [-0.05, 0) is 96.3 Å². The van der Waals surface area contributed by atoms with E-state index in [0.717, 1.165) is 83.5 Å². The molecule has 0 amide bonds. The fourth-order valence-electron chi connectivity index (χ4n) is 9.47. The molecule has 0 saturated heterocycles. The highest BCUT2D eigenvalue weighted by Crippen LogP contribution is 2.17. The molecule has 438 valence electrons. The van der Waals surface area contributed by atoms with Gasteiger partial charge in [-0.2, -0.15) is 0 Å². The molecule has 5 nitrogen and oxygen atoms in total. The molecule has 0 aliphatic heterocycles. The van der Waals surface area contributed by atoms with E-state index in [4.69, 9.17) is 9.47 Å². The van der Waals surface area contributed by atoms with Gasteiger partial charge in [0.05, 0.1) is 6.61 Å². The molecule has 0 aliphatic rings. The van der Waals surface area contributed by atoms with Crippen molar-refractivity contribution < 1.29 is 24.2 Å². The molecule has 5 heteroatoms. The maximum absolute atomic E-state index is 12.4. The van der Waals surface area contributed by atoms with Gasteiger partial charge in [-0.3, -0.25) is 9.59 Å². The van der Waals surface area contributed by atoms with Crippen LogP contribution in [0.4, 0.5) is 0 Å². The average molecular weight is 1060 g/mol. The summed E-state index contributed by atoms with van der Waals surface area (Å²) in [5.74, 6) is -0.582. The summed E-state index contributed by atoms with van der Waals surface area (Å²) in [5.41, 5.74) is 0. The fourth-order valence-corrected chi connectivity index (χ4v) is 9.47. The van der Waals surface area contributed by atoms with Crippen LogP contribution in [0.5, 0.6) is 0 Å². The molecule has 1 N–H and O–H groups in total. The summed E-state index contributed by atoms with van der Waals surface area (Å²) in [6, 6.07) is 0. The summed E-state index contributed by atoms with van der Waals surface area (Å²) in [6.45, 7) is 4.04. The molecule has 76 heavy (non-hydrogen) atoms. The van der Waals surface area contributed by atoms with Crippen LogP contribution in [-0.2, 0) is 19.1 Å². The third-order valence-electron chi connectivity index (χ3n) is 14.4. The summed E-state index contributed by atoms with van der Waals surface area (Å²) in [6.07, 6.45) is 94.1. The molecular formula is C71H124O5. The van der Waals surface area contributed by atoms with Crippen molar-refractivity contribution in [2.45, 2.75) is 328 Å². The molecule has 1 unspecified atom stereocenters. The van der Waals surface area contributed by atoms with E-state index in [1.807, 2.05) is 0 Å². The zero-order chi connectivity index (χ0) is 54.8. The Morgan fingerprint density at radius 1 is 0.316 bits per heavy atom. The van der Waals surface area contributed by atoms with E-state index >= 15 is 0 Å². The number of aliphatic hydroxyl groups is 1. The highest BCUT2D eigenvalue weighted by Gasteiger charge is 2.16. The monoisotopic (exact) mass is 1060 g/mol. The van der Waals surface area contributed by atoms with Crippen molar-refractivity contribution in [3.8, 4) is 0 Å². The normalized spacial score (nSPS) is 12.8. The van der Waals surface area contributed by atoms with Crippen molar-refractivity contribution in [1.29, 1.82) is 0 Å². The molecule has 0 heterocycles. The van der Waals surface area contributed by atoms with Crippen molar-refractivity contribution in [3.05, 3.63) is 97.2 Å². The van der Waals surface area contributed by atoms with Crippen molar-refractivity contribution in [3.63, 3.8) is 0 Å². The van der Waals surface area contributed by atoms with E-state index < -0.39 is 6.10 Å². The van der Waals surface area contributed by atoms with Crippen LogP contribution in [0.1, 0.15) is 322 Å². The molecule has 0 spiro atoms. The number of allylic oxidation sites excluding steroid dienone is 16. The van der Waals surface area contributed by atoms with Gasteiger partial charge in [-0.1, -0.05) is 310 Å². The number of carbonyl (C=O) groups excluding carboxylic acids is 2. The van der Waals surface area contributed by atoms with E-state index in [-0.39, 0.29) is 25.2 Å². The van der Waals surface area contributed by atoms with Gasteiger partial charge in [0, 0.05) is 12.8 Å². The van der Waals surface area contributed by atoms with Gasteiger partial charge < -0.3 is 14.6 Å². The molecule has 1 atom stereocenters. The van der Waals surface area contributed by atoms with Gasteiger partial charge in [0.1, 0.15) is 6.61 Å². The lowest BCUT2D eigenvalue weighted by Gasteiger charge is -2.15. The van der Waals surface area contributed by atoms with E-state index in [9.17, 15) is 14.7 Å². The first-order valence-corrected chi connectivity index (χ1v) is 32.8. The zero-order valence-corrected chi connectivity index (χ0v) is 50.3. The Bertz CT molecular complexity index is 1430. The Hall–Kier alpha value is -3.18. The number of unbranched alkanes of at least 4 members (excludes halogenated alkanes) is 36. The number of aliphatic hydroxyl groups excluding tert-OH is 1. The van der Waals surface area contributed by atoms with Crippen LogP contribution in [0.15, 0.2) is 97.2 Å². The molecule has 0 aromatic carbocycles. The Morgan fingerprint density at radius 2 is 0.566 bits per heavy atom. The van der Waals surface area contributed by atoms with Crippen LogP contribution < -0.4 is 0 Å². The average Bonchev–Trinajstić information content (AvgIpc) is 3.42. The third kappa shape index (κ3) is 63.4. The van der Waals surface area contributed by atoms with Gasteiger partial charge in [0.15, 0.2) is 6.10 Å². The number of esters is 2. The SMILES string of the molecule is CC/C=C\C/C=C\C/C=C\C/C=C\C/C=C\CCCCCCCCCCCCCCCCCCCCCC(=O)OC(CO)COC(=O)CCCCCCCCCCCCCC/C=C\C/C=C\C/C=C\CCCCCCC. The topological polar surface area (TPSA) is 72.8 Å². The maximum Gasteiger partial charge on any atom is 0.306 e. The molecule has 0 fully saturated rings. The van der Waals surface area contributed by atoms with Crippen LogP contribution in [0.3, 0.4) is 0 Å². The highest BCUT2D eigenvalue weighted by molar-refractivity contribution is 5.70. The number of hydrogen-bond acceptors (Lipinski definition) is 5. The van der Waals surface area contributed by atoms with Crippen LogP contribution in [-0.4, -0.2) is 36.4 Å². The Morgan fingerprint density at radius 3 is 0.855 bits per heavy atom. The fraction of sp³-hybridized carbons (Fsp3) is 0.746. The second kappa shape index (κ2) is 66.1. The lowest BCUT2D eigenvalue weighted by molar-refractivity contribution is -0.161. The summed E-state index contributed by atoms with van der Waals surface area (Å²) >= 11 is 0. The first-order chi connectivity index (χ1) is 37.6. The number of carbonyl (C=O) groups is 2. The number of hydrogen-bond donors (Lipinski definition) is 1. The van der Waals surface area contributed by atoms with E-state index in [1.54, 1.807) is 0 Å². The molecular weight excluding hydrogens is 933 g/mol. The largest absolute Gasteiger partial charge is 0.462 e. The minimum absolute atomic E-state index is 0.0670. The predicted octanol–water partition coefficient (Wildman–Crippen LogP) is 22.6. The number of rotatable bonds is 60. The van der Waals surface area contributed by atoms with Gasteiger partial charge in [0.2, 0.25) is 0 Å². The van der Waals surface area contributed by atoms with E-state index in [0.29, 0.717) is 12.8 Å². The first kappa shape index (κ1) is 72.8. The standard InChI is InChI=1S/C71H124O5/c1-3-5-7-9-11-13-15-17-19-21-23-25-27-29-31-32-33-34-35-36-37-38-40-42-44-46-48-50-52-54-56-58-60-62-64-66-71(74)76-69(67-72)68-75-70(73)65-63-61-59-57-55-53-51-49-47-45-43-41-39-30-28-26-24-22-20-18-16-14-12-10-8-6-4-2/h5,7,11,13,16-19,22-25,28-31,69,72H,3-4,6,8-10,12,14-15,20-21,26-27,32-68H2,1-2H3/b7-5-,13-11-,18-16-,19-17-,24-22-,25-23-,30-28-,31-29-. The summed E-state index contributed by atoms with van der Waals surface area (Å²) in [7, 11) is 0. The third-order valence-corrected chi connectivity index (χ3v) is 14.4. The van der Waals surface area contributed by atoms with Gasteiger partial charge in [-0.25, -0.2) is 0 Å². The molecule has 0 aliphatic carbocycles. The zero-order valence-electron chi connectivity index (χ0n) is 50.3. The Labute approximate surface area is 472 Å². The molecule has 0 aromatic heterocycles. The lowest BCUT2D eigenvalue weighted by Crippen LogP contribution is -2.28. The van der Waals surface area contributed by atoms with Crippen LogP contribution in [0.25, 0.3) is 0 Å². The minimum atomic E-state index is -0.777. The molecule has 0 radical (unpaired) electrons. The van der Waals surface area contributed by atoms with Gasteiger partial charge >= 0.3 is 11.9 Å². The maximum atomic E-state index is 12.4. The number of ether oxygens (including phenoxy) is 2. The van der Waals surface area contributed by atoms with Gasteiger partial charge in [0.25, 0.3) is 0 Å². The van der Waals surface area contributed by atoms with Crippen molar-refractivity contribution in [2.75, 3.05) is 13.2 Å². The predicted molar refractivity (Wildman–Crippen MR) is 334 cm³/mol. The highest BCUT2D eigenvalue weighted by atomic mass is 16.6. The van der Waals surface area contributed by atoms with Crippen LogP contribution in [0, 0.1) is 0 Å². The quantitative estimate of drug-likeness (QED) is 0.0373. The summed E-state index contributed by atoms with van der Waals surface area (Å²) < 4.78 is 10.7. The lowest BCUT2D eigenvalue weighted by atomic mass is 10.0. The molecule has 0 saturated carbocycles. The second-order valence-electron chi connectivity index (χ2n) is 21.8. The molecule has 0 aromatic rings. The summed E-state index contributed by atoms with van der Waals surface area (Å²) in [5, 5.41) is 9.69. The second-order valence-corrected chi connectivity index (χ2v) is 21.8.